The Balaban J connectivity index is 2.19. The SMILES string of the molecule is CC(C)(C)C(NC(=O)Nc1cccc2ccccc12)C(=O)I. The van der Waals surface area contributed by atoms with Crippen LogP contribution in [0.1, 0.15) is 20.8 Å². The maximum absolute atomic E-state index is 12.2. The third kappa shape index (κ3) is 3.97. The predicted octanol–water partition coefficient (Wildman–Crippen LogP) is 4.34. The summed E-state index contributed by atoms with van der Waals surface area (Å²) in [4.78, 5) is 24.0. The van der Waals surface area contributed by atoms with E-state index in [9.17, 15) is 9.59 Å². The molecule has 2 rings (SSSR count). The summed E-state index contributed by atoms with van der Waals surface area (Å²) in [5.74, 6) is 0. The Morgan fingerprint density at radius 1 is 1.05 bits per heavy atom. The standard InChI is InChI=1S/C17H19IN2O2/c1-17(2,3)14(15(18)21)20-16(22)19-13-10-6-8-11-7-4-5-9-12(11)13/h4-10,14H,1-3H3,(H2,19,20,22). The summed E-state index contributed by atoms with van der Waals surface area (Å²) in [6.45, 7) is 5.77. The van der Waals surface area contributed by atoms with E-state index < -0.39 is 6.04 Å². The van der Waals surface area contributed by atoms with Crippen molar-refractivity contribution in [2.45, 2.75) is 26.8 Å². The Hall–Kier alpha value is -1.63. The minimum Gasteiger partial charge on any atom is -0.327 e. The third-order valence-corrected chi connectivity index (χ3v) is 4.03. The smallest absolute Gasteiger partial charge is 0.319 e. The molecule has 0 aliphatic rings. The molecule has 5 heteroatoms. The molecule has 0 bridgehead atoms. The van der Waals surface area contributed by atoms with Gasteiger partial charge in [-0.15, -0.1) is 0 Å². The Labute approximate surface area is 143 Å². The minimum atomic E-state index is -0.539. The molecule has 0 aliphatic carbocycles. The highest BCUT2D eigenvalue weighted by Gasteiger charge is 2.31. The first-order valence-corrected chi connectivity index (χ1v) is 8.11. The lowest BCUT2D eigenvalue weighted by Crippen LogP contribution is -2.48. The van der Waals surface area contributed by atoms with Gasteiger partial charge < -0.3 is 10.6 Å². The topological polar surface area (TPSA) is 58.2 Å². The van der Waals surface area contributed by atoms with Gasteiger partial charge in [-0.1, -0.05) is 57.2 Å². The number of benzene rings is 2. The van der Waals surface area contributed by atoms with E-state index in [2.05, 4.69) is 10.6 Å². The van der Waals surface area contributed by atoms with Crippen molar-refractivity contribution in [2.24, 2.45) is 5.41 Å². The molecule has 0 saturated carbocycles. The van der Waals surface area contributed by atoms with Crippen molar-refractivity contribution in [3.05, 3.63) is 42.5 Å². The van der Waals surface area contributed by atoms with Gasteiger partial charge in [0, 0.05) is 28.0 Å². The molecule has 2 aromatic carbocycles. The lowest BCUT2D eigenvalue weighted by Gasteiger charge is -2.28. The average Bonchev–Trinajstić information content (AvgIpc) is 2.44. The summed E-state index contributed by atoms with van der Waals surface area (Å²) in [6.07, 6.45) is 0. The second-order valence-electron chi connectivity index (χ2n) is 6.23. The molecule has 0 radical (unpaired) electrons. The Morgan fingerprint density at radius 3 is 2.32 bits per heavy atom. The van der Waals surface area contributed by atoms with Crippen LogP contribution < -0.4 is 10.6 Å². The summed E-state index contributed by atoms with van der Waals surface area (Å²) in [7, 11) is 0. The molecule has 0 aromatic heterocycles. The van der Waals surface area contributed by atoms with E-state index >= 15 is 0 Å². The quantitative estimate of drug-likeness (QED) is 0.585. The van der Waals surface area contributed by atoms with Crippen LogP contribution in [0, 0.1) is 5.41 Å². The number of halogens is 1. The molecule has 0 fully saturated rings. The molecule has 4 nitrogen and oxygen atoms in total. The van der Waals surface area contributed by atoms with E-state index in [1.807, 2.05) is 63.2 Å². The number of urea groups is 1. The van der Waals surface area contributed by atoms with Crippen LogP contribution in [0.3, 0.4) is 0 Å². The van der Waals surface area contributed by atoms with E-state index in [1.54, 1.807) is 22.6 Å². The molecule has 0 aliphatic heterocycles. The second-order valence-corrected chi connectivity index (χ2v) is 7.29. The molecule has 1 atom stereocenters. The molecule has 2 aromatic rings. The van der Waals surface area contributed by atoms with Crippen molar-refractivity contribution < 1.29 is 9.59 Å². The molecular weight excluding hydrogens is 391 g/mol. The lowest BCUT2D eigenvalue weighted by atomic mass is 9.88. The second kappa shape index (κ2) is 6.64. The summed E-state index contributed by atoms with van der Waals surface area (Å²) in [5.41, 5.74) is 0.387. The van der Waals surface area contributed by atoms with Gasteiger partial charge in [-0.3, -0.25) is 4.79 Å². The molecular formula is C17H19IN2O2. The number of rotatable bonds is 3. The lowest BCUT2D eigenvalue weighted by molar-refractivity contribution is -0.113. The minimum absolute atomic E-state index is 0.0850. The molecule has 0 heterocycles. The van der Waals surface area contributed by atoms with Crippen LogP contribution in [0.2, 0.25) is 0 Å². The Kier molecular flexibility index (Phi) is 5.05. The summed E-state index contributed by atoms with van der Waals surface area (Å²) >= 11 is 1.73. The monoisotopic (exact) mass is 410 g/mol. The molecule has 116 valence electrons. The number of carbonyl (C=O) groups excluding carboxylic acids is 2. The summed E-state index contributed by atoms with van der Waals surface area (Å²) < 4.78 is -0.0850. The highest BCUT2D eigenvalue weighted by molar-refractivity contribution is 14.1. The average molecular weight is 410 g/mol. The Morgan fingerprint density at radius 2 is 1.68 bits per heavy atom. The van der Waals surface area contributed by atoms with Gasteiger partial charge in [0.05, 0.1) is 5.69 Å². The highest BCUT2D eigenvalue weighted by Crippen LogP contribution is 2.24. The van der Waals surface area contributed by atoms with Crippen LogP contribution in [-0.4, -0.2) is 15.9 Å². The van der Waals surface area contributed by atoms with E-state index in [0.717, 1.165) is 16.5 Å². The molecule has 1 unspecified atom stereocenters. The normalized spacial score (nSPS) is 12.7. The predicted molar refractivity (Wildman–Crippen MR) is 98.4 cm³/mol. The Bertz CT molecular complexity index is 702. The van der Waals surface area contributed by atoms with Crippen molar-refractivity contribution in [2.75, 3.05) is 5.32 Å². The van der Waals surface area contributed by atoms with E-state index in [1.165, 1.54) is 0 Å². The van der Waals surface area contributed by atoms with Gasteiger partial charge in [0.25, 0.3) is 0 Å². The summed E-state index contributed by atoms with van der Waals surface area (Å²) in [5, 5.41) is 7.62. The first-order chi connectivity index (χ1) is 10.3. The fraction of sp³-hybridized carbons (Fsp3) is 0.294. The zero-order chi connectivity index (χ0) is 16.3. The molecule has 0 spiro atoms. The van der Waals surface area contributed by atoms with E-state index in [0.29, 0.717) is 0 Å². The number of hydrogen-bond donors (Lipinski definition) is 2. The molecule has 2 amide bonds. The molecule has 0 saturated heterocycles. The maximum Gasteiger partial charge on any atom is 0.319 e. The van der Waals surface area contributed by atoms with Gasteiger partial charge in [0.1, 0.15) is 6.04 Å². The van der Waals surface area contributed by atoms with Crippen LogP contribution >= 0.6 is 22.6 Å². The van der Waals surface area contributed by atoms with Crippen LogP contribution in [-0.2, 0) is 4.79 Å². The fourth-order valence-corrected chi connectivity index (χ4v) is 3.33. The largest absolute Gasteiger partial charge is 0.327 e. The highest BCUT2D eigenvalue weighted by atomic mass is 127. The van der Waals surface area contributed by atoms with Gasteiger partial charge >= 0.3 is 6.03 Å². The van der Waals surface area contributed by atoms with Crippen LogP contribution in [0.5, 0.6) is 0 Å². The number of anilines is 1. The molecule has 22 heavy (non-hydrogen) atoms. The number of fused-ring (bicyclic) bond motifs is 1. The maximum atomic E-state index is 12.2. The van der Waals surface area contributed by atoms with E-state index in [4.69, 9.17) is 0 Å². The van der Waals surface area contributed by atoms with Gasteiger partial charge in [-0.2, -0.15) is 0 Å². The number of amides is 2. The van der Waals surface area contributed by atoms with Crippen LogP contribution in [0.25, 0.3) is 10.8 Å². The number of hydrogen-bond acceptors (Lipinski definition) is 2. The number of carbonyl (C=O) groups is 2. The van der Waals surface area contributed by atoms with Crippen LogP contribution in [0.15, 0.2) is 42.5 Å². The van der Waals surface area contributed by atoms with Crippen molar-refractivity contribution in [1.29, 1.82) is 0 Å². The summed E-state index contributed by atoms with van der Waals surface area (Å²) in [6, 6.07) is 12.6. The zero-order valence-electron chi connectivity index (χ0n) is 12.8. The fourth-order valence-electron chi connectivity index (χ4n) is 2.24. The van der Waals surface area contributed by atoms with Crippen molar-refractivity contribution in [3.63, 3.8) is 0 Å². The van der Waals surface area contributed by atoms with Gasteiger partial charge in [0.2, 0.25) is 3.79 Å². The van der Waals surface area contributed by atoms with Crippen molar-refractivity contribution >= 4 is 48.9 Å². The van der Waals surface area contributed by atoms with Crippen molar-refractivity contribution in [3.8, 4) is 0 Å². The number of nitrogens with one attached hydrogen (secondary N) is 2. The first-order valence-electron chi connectivity index (χ1n) is 7.03. The zero-order valence-corrected chi connectivity index (χ0v) is 15.0. The van der Waals surface area contributed by atoms with E-state index in [-0.39, 0.29) is 15.2 Å². The van der Waals surface area contributed by atoms with Gasteiger partial charge in [0.15, 0.2) is 0 Å². The third-order valence-electron chi connectivity index (χ3n) is 3.41. The van der Waals surface area contributed by atoms with Gasteiger partial charge in [-0.25, -0.2) is 4.79 Å². The van der Waals surface area contributed by atoms with Gasteiger partial charge in [-0.05, 0) is 16.9 Å². The van der Waals surface area contributed by atoms with Crippen molar-refractivity contribution in [1.82, 2.24) is 5.32 Å². The van der Waals surface area contributed by atoms with Crippen LogP contribution in [0.4, 0.5) is 10.5 Å². The molecule has 2 N–H and O–H groups in total. The first kappa shape index (κ1) is 16.7.